The van der Waals surface area contributed by atoms with Gasteiger partial charge in [0.25, 0.3) is 0 Å². The van der Waals surface area contributed by atoms with Crippen LogP contribution in [0.25, 0.3) is 0 Å². The van der Waals surface area contributed by atoms with Crippen molar-refractivity contribution in [3.63, 3.8) is 0 Å². The zero-order valence-corrected chi connectivity index (χ0v) is 14.3. The lowest BCUT2D eigenvalue weighted by Gasteiger charge is -2.30. The van der Waals surface area contributed by atoms with Crippen LogP contribution in [0.2, 0.25) is 5.02 Å². The summed E-state index contributed by atoms with van der Waals surface area (Å²) >= 11 is 6.07. The van der Waals surface area contributed by atoms with Gasteiger partial charge in [-0.2, -0.15) is 10.4 Å². The molecule has 25 heavy (non-hydrogen) atoms. The minimum Gasteiger partial charge on any atom is -0.361 e. The number of rotatable bonds is 4. The van der Waals surface area contributed by atoms with Gasteiger partial charge in [-0.1, -0.05) is 29.8 Å². The molecular weight excluding hydrogens is 334 g/mol. The van der Waals surface area contributed by atoms with Gasteiger partial charge in [-0.05, 0) is 47.0 Å². The fraction of sp³-hybridized carbons (Fsp3) is 0.200. The van der Waals surface area contributed by atoms with E-state index in [1.54, 1.807) is 6.20 Å². The van der Waals surface area contributed by atoms with Crippen molar-refractivity contribution in [3.05, 3.63) is 88.2 Å². The van der Waals surface area contributed by atoms with E-state index in [-0.39, 0.29) is 0 Å². The second-order valence-corrected chi connectivity index (χ2v) is 6.56. The molecule has 0 saturated heterocycles. The van der Waals surface area contributed by atoms with Gasteiger partial charge in [0.2, 0.25) is 0 Å². The van der Waals surface area contributed by atoms with E-state index in [0.717, 1.165) is 29.7 Å². The fourth-order valence-electron chi connectivity index (χ4n) is 3.47. The molecule has 3 aromatic rings. The first-order valence-corrected chi connectivity index (χ1v) is 8.50. The van der Waals surface area contributed by atoms with Gasteiger partial charge in [0.05, 0.1) is 18.2 Å². The summed E-state index contributed by atoms with van der Waals surface area (Å²) in [6.07, 6.45) is 4.47. The Hall–Kier alpha value is -2.61. The van der Waals surface area contributed by atoms with Crippen molar-refractivity contribution in [1.82, 2.24) is 9.78 Å². The topological polar surface area (TPSA) is 50.8 Å². The lowest BCUT2D eigenvalue weighted by Crippen LogP contribution is -2.29. The van der Waals surface area contributed by atoms with Crippen LogP contribution in [0, 0.1) is 11.3 Å². The van der Waals surface area contributed by atoms with Gasteiger partial charge >= 0.3 is 0 Å². The monoisotopic (exact) mass is 349 g/mol. The average Bonchev–Trinajstić information content (AvgIpc) is 3.28. The number of hydrogen-bond donors (Lipinski definition) is 0. The van der Waals surface area contributed by atoms with Crippen molar-refractivity contribution < 1.29 is 4.74 Å². The lowest BCUT2D eigenvalue weighted by atomic mass is 9.82. The maximum absolute atomic E-state index is 9.16. The van der Waals surface area contributed by atoms with E-state index < -0.39 is 5.60 Å². The first kappa shape index (κ1) is 15.9. The number of nitrogens with zero attached hydrogens (tertiary/aromatic N) is 3. The smallest absolute Gasteiger partial charge is 0.121 e. The highest BCUT2D eigenvalue weighted by molar-refractivity contribution is 6.30. The number of benzene rings is 2. The Balaban J connectivity index is 1.78. The van der Waals surface area contributed by atoms with E-state index in [0.29, 0.717) is 17.2 Å². The molecule has 2 aromatic carbocycles. The Morgan fingerprint density at radius 2 is 2.08 bits per heavy atom. The summed E-state index contributed by atoms with van der Waals surface area (Å²) in [6.45, 7) is 1.22. The molecule has 5 heteroatoms. The molecular formula is C20H16ClN3O. The second-order valence-electron chi connectivity index (χ2n) is 6.13. The van der Waals surface area contributed by atoms with Crippen LogP contribution < -0.4 is 0 Å². The standard InChI is InChI=1S/C20H16ClN3O/c21-18-5-3-17(4-6-18)20(8-11-24-10-1-9-23-24)19-7-2-15(13-22)12-16(19)14-25-20/h1-7,9-10,12H,8,11,14H2. The highest BCUT2D eigenvalue weighted by Crippen LogP contribution is 2.45. The summed E-state index contributed by atoms with van der Waals surface area (Å²) < 4.78 is 8.25. The summed E-state index contributed by atoms with van der Waals surface area (Å²) in [5, 5.41) is 14.2. The molecule has 0 fully saturated rings. The molecule has 1 atom stereocenters. The molecule has 4 rings (SSSR count). The maximum Gasteiger partial charge on any atom is 0.121 e. The number of nitriles is 1. The van der Waals surface area contributed by atoms with Gasteiger partial charge in [0.1, 0.15) is 5.60 Å². The average molecular weight is 350 g/mol. The van der Waals surface area contributed by atoms with Crippen LogP contribution in [-0.4, -0.2) is 9.78 Å². The minimum absolute atomic E-state index is 0.493. The van der Waals surface area contributed by atoms with Crippen LogP contribution >= 0.6 is 11.6 Å². The Kier molecular flexibility index (Phi) is 4.04. The van der Waals surface area contributed by atoms with Crippen LogP contribution in [0.4, 0.5) is 0 Å². The van der Waals surface area contributed by atoms with Crippen LogP contribution in [0.5, 0.6) is 0 Å². The Morgan fingerprint density at radius 1 is 1.24 bits per heavy atom. The summed E-state index contributed by atoms with van der Waals surface area (Å²) in [5.74, 6) is 0. The van der Waals surface area contributed by atoms with Crippen molar-refractivity contribution in [2.24, 2.45) is 0 Å². The van der Waals surface area contributed by atoms with Crippen molar-refractivity contribution >= 4 is 11.6 Å². The molecule has 0 radical (unpaired) electrons. The third-order valence-corrected chi connectivity index (χ3v) is 4.96. The lowest BCUT2D eigenvalue weighted by molar-refractivity contribution is -0.0151. The molecule has 0 amide bonds. The van der Waals surface area contributed by atoms with E-state index in [2.05, 4.69) is 11.2 Å². The number of halogens is 1. The first-order valence-electron chi connectivity index (χ1n) is 8.12. The molecule has 0 aliphatic carbocycles. The highest BCUT2D eigenvalue weighted by Gasteiger charge is 2.41. The predicted molar refractivity (Wildman–Crippen MR) is 95.0 cm³/mol. The Morgan fingerprint density at radius 3 is 2.80 bits per heavy atom. The van der Waals surface area contributed by atoms with Gasteiger partial charge in [-0.3, -0.25) is 4.68 Å². The number of hydrogen-bond acceptors (Lipinski definition) is 3. The summed E-state index contributed by atoms with van der Waals surface area (Å²) in [6, 6.07) is 17.7. The third-order valence-electron chi connectivity index (χ3n) is 4.71. The number of aromatic nitrogens is 2. The van der Waals surface area contributed by atoms with Crippen molar-refractivity contribution in [1.29, 1.82) is 5.26 Å². The largest absolute Gasteiger partial charge is 0.361 e. The van der Waals surface area contributed by atoms with E-state index in [4.69, 9.17) is 21.6 Å². The normalized spacial score (nSPS) is 18.7. The van der Waals surface area contributed by atoms with Crippen molar-refractivity contribution in [2.45, 2.75) is 25.2 Å². The summed E-state index contributed by atoms with van der Waals surface area (Å²) in [5.41, 5.74) is 3.34. The fourth-order valence-corrected chi connectivity index (χ4v) is 3.60. The molecule has 1 aliphatic rings. The molecule has 124 valence electrons. The molecule has 2 heterocycles. The summed E-state index contributed by atoms with van der Waals surface area (Å²) in [7, 11) is 0. The second kappa shape index (κ2) is 6.36. The van der Waals surface area contributed by atoms with Crippen LogP contribution in [0.15, 0.2) is 60.9 Å². The quantitative estimate of drug-likeness (QED) is 0.706. The number of aryl methyl sites for hydroxylation is 1. The molecule has 1 aliphatic heterocycles. The van der Waals surface area contributed by atoms with Gasteiger partial charge in [-0.15, -0.1) is 0 Å². The van der Waals surface area contributed by atoms with Gasteiger partial charge in [-0.25, -0.2) is 0 Å². The number of ether oxygens (including phenoxy) is 1. The van der Waals surface area contributed by atoms with Crippen LogP contribution in [0.1, 0.15) is 28.7 Å². The molecule has 4 nitrogen and oxygen atoms in total. The molecule has 0 saturated carbocycles. The van der Waals surface area contributed by atoms with E-state index in [1.807, 2.05) is 59.4 Å². The Labute approximate surface area is 151 Å². The SMILES string of the molecule is N#Cc1ccc2c(c1)COC2(CCn1cccn1)c1ccc(Cl)cc1. The minimum atomic E-state index is -0.556. The van der Waals surface area contributed by atoms with Crippen molar-refractivity contribution in [2.75, 3.05) is 0 Å². The zero-order chi connectivity index (χ0) is 17.3. The number of fused-ring (bicyclic) bond motifs is 1. The zero-order valence-electron chi connectivity index (χ0n) is 13.5. The molecule has 0 spiro atoms. The maximum atomic E-state index is 9.16. The van der Waals surface area contributed by atoms with Crippen LogP contribution in [0.3, 0.4) is 0 Å². The van der Waals surface area contributed by atoms with Crippen molar-refractivity contribution in [3.8, 4) is 6.07 Å². The molecule has 1 aromatic heterocycles. The van der Waals surface area contributed by atoms with E-state index in [9.17, 15) is 0 Å². The highest BCUT2D eigenvalue weighted by atomic mass is 35.5. The molecule has 0 bridgehead atoms. The first-order chi connectivity index (χ1) is 12.2. The van der Waals surface area contributed by atoms with E-state index >= 15 is 0 Å². The molecule has 1 unspecified atom stereocenters. The van der Waals surface area contributed by atoms with Gasteiger partial charge in [0.15, 0.2) is 0 Å². The van der Waals surface area contributed by atoms with Crippen LogP contribution in [-0.2, 0) is 23.5 Å². The Bertz CT molecular complexity index is 929. The van der Waals surface area contributed by atoms with E-state index in [1.165, 1.54) is 0 Å². The summed E-state index contributed by atoms with van der Waals surface area (Å²) in [4.78, 5) is 0. The predicted octanol–water partition coefficient (Wildman–Crippen LogP) is 4.27. The van der Waals surface area contributed by atoms with Gasteiger partial charge in [0, 0.05) is 30.4 Å². The third kappa shape index (κ3) is 2.82. The van der Waals surface area contributed by atoms with Gasteiger partial charge < -0.3 is 4.74 Å². The molecule has 0 N–H and O–H groups in total.